The number of carboxylic acids is 1. The molecule has 0 saturated heterocycles. The first-order valence-electron chi connectivity index (χ1n) is 13.4. The fourth-order valence-corrected chi connectivity index (χ4v) is 9.13. The van der Waals surface area contributed by atoms with E-state index < -0.39 is 11.4 Å². The monoisotopic (exact) mass is 452 g/mol. The van der Waals surface area contributed by atoms with Gasteiger partial charge in [-0.15, -0.1) is 0 Å². The number of ketones is 1. The van der Waals surface area contributed by atoms with Crippen LogP contribution in [0.15, 0.2) is 22.8 Å². The van der Waals surface area contributed by atoms with E-state index in [0.717, 1.165) is 50.5 Å². The highest BCUT2D eigenvalue weighted by Gasteiger charge is 2.65. The van der Waals surface area contributed by atoms with E-state index in [-0.39, 0.29) is 38.8 Å². The topological polar surface area (TPSA) is 54.4 Å². The Labute approximate surface area is 200 Å². The van der Waals surface area contributed by atoms with Gasteiger partial charge in [-0.05, 0) is 105 Å². The first-order valence-corrected chi connectivity index (χ1v) is 13.4. The zero-order valence-electron chi connectivity index (χ0n) is 22.0. The summed E-state index contributed by atoms with van der Waals surface area (Å²) < 4.78 is 0. The minimum Gasteiger partial charge on any atom is -0.481 e. The van der Waals surface area contributed by atoms with Crippen molar-refractivity contribution in [2.45, 2.75) is 113 Å². The van der Waals surface area contributed by atoms with Crippen molar-refractivity contribution in [3.05, 3.63) is 22.8 Å². The maximum atomic E-state index is 14.1. The molecule has 3 nitrogen and oxygen atoms in total. The quantitative estimate of drug-likeness (QED) is 0.448. The summed E-state index contributed by atoms with van der Waals surface area (Å²) in [6.07, 6.45) is 12.3. The normalized spacial score (nSPS) is 48.8. The fraction of sp³-hybridized carbons (Fsp3) is 0.800. The van der Waals surface area contributed by atoms with Gasteiger partial charge in [-0.25, -0.2) is 0 Å². The van der Waals surface area contributed by atoms with Gasteiger partial charge >= 0.3 is 5.97 Å². The molecule has 0 bridgehead atoms. The molecule has 3 heteroatoms. The predicted octanol–water partition coefficient (Wildman–Crippen LogP) is 7.51. The van der Waals surface area contributed by atoms with E-state index in [9.17, 15) is 14.7 Å². The number of aliphatic carboxylic acids is 1. The fourth-order valence-electron chi connectivity index (χ4n) is 9.13. The van der Waals surface area contributed by atoms with Crippen LogP contribution in [0, 0.1) is 38.4 Å². The van der Waals surface area contributed by atoms with Gasteiger partial charge in [0.25, 0.3) is 0 Å². The minimum atomic E-state index is -0.690. The molecule has 0 heterocycles. The number of fused-ring (bicyclic) bond motifs is 6. The van der Waals surface area contributed by atoms with Crippen molar-refractivity contribution in [2.24, 2.45) is 38.4 Å². The van der Waals surface area contributed by atoms with Crippen LogP contribution < -0.4 is 0 Å². The third-order valence-corrected chi connectivity index (χ3v) is 12.6. The second-order valence-electron chi connectivity index (χ2n) is 14.3. The van der Waals surface area contributed by atoms with E-state index in [0.29, 0.717) is 6.42 Å². The lowest BCUT2D eigenvalue weighted by Gasteiger charge is -2.66. The zero-order valence-corrected chi connectivity index (χ0v) is 22.0. The van der Waals surface area contributed by atoms with E-state index in [1.807, 2.05) is 13.0 Å². The van der Waals surface area contributed by atoms with E-state index >= 15 is 0 Å². The average Bonchev–Trinajstić information content (AvgIpc) is 2.72. The Kier molecular flexibility index (Phi) is 4.70. The summed E-state index contributed by atoms with van der Waals surface area (Å²) in [4.78, 5) is 26.3. The Bertz CT molecular complexity index is 1000. The molecule has 33 heavy (non-hydrogen) atoms. The molecule has 5 aliphatic rings. The van der Waals surface area contributed by atoms with Crippen LogP contribution in [0.5, 0.6) is 0 Å². The number of hydrogen-bond donors (Lipinski definition) is 1. The molecule has 6 atom stereocenters. The number of allylic oxidation sites excluding steroid dienone is 4. The summed E-state index contributed by atoms with van der Waals surface area (Å²) in [6, 6.07) is 0. The van der Waals surface area contributed by atoms with Crippen LogP contribution in [-0.2, 0) is 9.59 Å². The van der Waals surface area contributed by atoms with Crippen molar-refractivity contribution in [3.63, 3.8) is 0 Å². The van der Waals surface area contributed by atoms with Crippen molar-refractivity contribution < 1.29 is 14.7 Å². The first kappa shape index (κ1) is 23.4. The third-order valence-electron chi connectivity index (χ3n) is 12.6. The maximum absolute atomic E-state index is 14.1. The molecule has 0 aromatic rings. The molecule has 0 aromatic carbocycles. The Morgan fingerprint density at radius 1 is 0.848 bits per heavy atom. The molecule has 182 valence electrons. The van der Waals surface area contributed by atoms with Crippen molar-refractivity contribution in [2.75, 3.05) is 0 Å². The molecule has 1 N–H and O–H groups in total. The summed E-state index contributed by atoms with van der Waals surface area (Å²) in [7, 11) is 0. The lowest BCUT2D eigenvalue weighted by atomic mass is 9.38. The van der Waals surface area contributed by atoms with Crippen molar-refractivity contribution in [3.8, 4) is 0 Å². The van der Waals surface area contributed by atoms with E-state index in [1.54, 1.807) is 0 Å². The van der Waals surface area contributed by atoms with Crippen LogP contribution in [0.4, 0.5) is 0 Å². The molecule has 0 radical (unpaired) electrons. The predicted molar refractivity (Wildman–Crippen MR) is 132 cm³/mol. The second-order valence-corrected chi connectivity index (χ2v) is 14.3. The van der Waals surface area contributed by atoms with Gasteiger partial charge < -0.3 is 5.11 Å². The molecule has 0 aromatic heterocycles. The maximum Gasteiger partial charge on any atom is 0.309 e. The van der Waals surface area contributed by atoms with Gasteiger partial charge in [-0.2, -0.15) is 0 Å². The standard InChI is InChI=1S/C30H44O3/c1-25(2)10-8-9-19-23-22(31)17-20-21-18-27(4,24(32)33)12-11-26(21,3)13-14-29(20,6)30(23,7)16-15-28(19,25)5/h17,21H,8-16,18H2,1-7H3,(H,32,33)/t21-,26-,27-,28-,29-,30-/m1/s1. The molecule has 5 rings (SSSR count). The minimum absolute atomic E-state index is 0.0624. The molecule has 0 spiro atoms. The number of carboxylic acid groups (broad SMARTS) is 1. The highest BCUT2D eigenvalue weighted by Crippen LogP contribution is 2.73. The van der Waals surface area contributed by atoms with E-state index in [4.69, 9.17) is 0 Å². The smallest absolute Gasteiger partial charge is 0.309 e. The Hall–Kier alpha value is -1.38. The van der Waals surface area contributed by atoms with E-state index in [1.165, 1.54) is 24.0 Å². The van der Waals surface area contributed by atoms with Crippen molar-refractivity contribution in [1.29, 1.82) is 0 Å². The largest absolute Gasteiger partial charge is 0.481 e. The summed E-state index contributed by atoms with van der Waals surface area (Å²) in [5.74, 6) is -0.239. The molecule has 0 aliphatic heterocycles. The number of carbonyl (C=O) groups is 2. The summed E-state index contributed by atoms with van der Waals surface area (Å²) in [5, 5.41) is 10.0. The van der Waals surface area contributed by atoms with Crippen LogP contribution in [0.2, 0.25) is 0 Å². The van der Waals surface area contributed by atoms with Gasteiger partial charge in [0.1, 0.15) is 0 Å². The lowest BCUT2D eigenvalue weighted by Crippen LogP contribution is -2.58. The Morgan fingerprint density at radius 3 is 2.12 bits per heavy atom. The molecule has 5 aliphatic carbocycles. The van der Waals surface area contributed by atoms with Gasteiger partial charge in [-0.1, -0.05) is 52.7 Å². The van der Waals surface area contributed by atoms with E-state index in [2.05, 4.69) is 41.5 Å². The summed E-state index contributed by atoms with van der Waals surface area (Å²) in [6.45, 7) is 16.4. The Balaban J connectivity index is 1.69. The highest BCUT2D eigenvalue weighted by molar-refractivity contribution is 6.08. The van der Waals surface area contributed by atoms with Crippen LogP contribution in [0.1, 0.15) is 113 Å². The highest BCUT2D eigenvalue weighted by atomic mass is 16.4. The number of hydrogen-bond acceptors (Lipinski definition) is 2. The average molecular weight is 453 g/mol. The van der Waals surface area contributed by atoms with Gasteiger partial charge in [0.2, 0.25) is 0 Å². The van der Waals surface area contributed by atoms with Crippen LogP contribution in [0.3, 0.4) is 0 Å². The lowest BCUT2D eigenvalue weighted by molar-refractivity contribution is -0.154. The van der Waals surface area contributed by atoms with Crippen LogP contribution >= 0.6 is 0 Å². The molecule has 3 fully saturated rings. The molecule has 0 unspecified atom stereocenters. The van der Waals surface area contributed by atoms with Crippen LogP contribution in [0.25, 0.3) is 0 Å². The van der Waals surface area contributed by atoms with Gasteiger partial charge in [-0.3, -0.25) is 9.59 Å². The summed E-state index contributed by atoms with van der Waals surface area (Å²) >= 11 is 0. The molecular weight excluding hydrogens is 408 g/mol. The van der Waals surface area contributed by atoms with Crippen molar-refractivity contribution in [1.82, 2.24) is 0 Å². The molecule has 0 amide bonds. The molecular formula is C30H44O3. The number of rotatable bonds is 1. The van der Waals surface area contributed by atoms with Gasteiger partial charge in [0.15, 0.2) is 5.78 Å². The zero-order chi connectivity index (χ0) is 24.2. The van der Waals surface area contributed by atoms with Gasteiger partial charge in [0, 0.05) is 11.0 Å². The van der Waals surface area contributed by atoms with Gasteiger partial charge in [0.05, 0.1) is 5.41 Å². The number of carbonyl (C=O) groups excluding carboxylic acids is 1. The van der Waals surface area contributed by atoms with Crippen molar-refractivity contribution >= 4 is 11.8 Å². The summed E-state index contributed by atoms with van der Waals surface area (Å²) in [5.41, 5.74) is 3.44. The van der Waals surface area contributed by atoms with Crippen LogP contribution in [-0.4, -0.2) is 16.9 Å². The third kappa shape index (κ3) is 2.74. The Morgan fingerprint density at radius 2 is 1.45 bits per heavy atom. The SMILES string of the molecule is CC1(C)CCCC2=C3C(=O)C=C4[C@H]5C[C@](C)(C(=O)O)CC[C@]5(C)CC[C@@]4(C)[C@]3(C)CC[C@]21C. The molecule has 3 saturated carbocycles. The second kappa shape index (κ2) is 6.64. The first-order chi connectivity index (χ1) is 15.1.